The molecule has 1 rings (SSSR count). The van der Waals surface area contributed by atoms with Crippen LogP contribution in [0.2, 0.25) is 0 Å². The largest absolute Gasteiger partial charge is 0.490 e. The molecule has 0 amide bonds. The minimum atomic E-state index is -5.04. The second-order valence-electron chi connectivity index (χ2n) is 2.81. The van der Waals surface area contributed by atoms with Crippen LogP contribution in [0.5, 0.6) is 0 Å². The molecular weight excluding hydrogens is 296 g/mol. The zero-order valence-electron chi connectivity index (χ0n) is 7.65. The molecule has 0 aromatic heterocycles. The van der Waals surface area contributed by atoms with Crippen molar-refractivity contribution in [1.29, 1.82) is 0 Å². The molecule has 7 heteroatoms. The van der Waals surface area contributed by atoms with Gasteiger partial charge in [0.15, 0.2) is 0 Å². The van der Waals surface area contributed by atoms with Crippen molar-refractivity contribution in [3.63, 3.8) is 0 Å². The van der Waals surface area contributed by atoms with Crippen LogP contribution in [0.15, 0.2) is 22.7 Å². The number of benzene rings is 1. The highest BCUT2D eigenvalue weighted by molar-refractivity contribution is 9.10. The fourth-order valence-electron chi connectivity index (χ4n) is 0.879. The second kappa shape index (κ2) is 4.82. The topological polar surface area (TPSA) is 26.3 Å². The van der Waals surface area contributed by atoms with Gasteiger partial charge < -0.3 is 4.74 Å². The molecule has 0 aliphatic carbocycles. The van der Waals surface area contributed by atoms with Gasteiger partial charge in [-0.25, -0.2) is 9.18 Å². The van der Waals surface area contributed by atoms with E-state index in [2.05, 4.69) is 20.7 Å². The molecule has 0 N–H and O–H groups in total. The summed E-state index contributed by atoms with van der Waals surface area (Å²) in [5.74, 6) is -2.93. The lowest BCUT2D eigenvalue weighted by molar-refractivity contribution is -0.201. The third kappa shape index (κ3) is 3.48. The van der Waals surface area contributed by atoms with Crippen molar-refractivity contribution in [2.75, 3.05) is 0 Å². The fourth-order valence-corrected chi connectivity index (χ4v) is 1.24. The number of rotatable bonds is 2. The highest BCUT2D eigenvalue weighted by Crippen LogP contribution is 2.21. The van der Waals surface area contributed by atoms with Gasteiger partial charge in [0.2, 0.25) is 0 Å². The van der Waals surface area contributed by atoms with Crippen LogP contribution in [0.25, 0.3) is 0 Å². The van der Waals surface area contributed by atoms with Gasteiger partial charge in [0.25, 0.3) is 0 Å². The quantitative estimate of drug-likeness (QED) is 0.619. The van der Waals surface area contributed by atoms with Gasteiger partial charge in [-0.15, -0.1) is 0 Å². The molecule has 0 aliphatic rings. The first-order valence-electron chi connectivity index (χ1n) is 3.98. The molecule has 0 spiro atoms. The summed E-state index contributed by atoms with van der Waals surface area (Å²) in [6.45, 7) is -0.642. The van der Waals surface area contributed by atoms with Gasteiger partial charge in [0.1, 0.15) is 12.4 Å². The predicted molar refractivity (Wildman–Crippen MR) is 50.0 cm³/mol. The summed E-state index contributed by atoms with van der Waals surface area (Å²) in [5.41, 5.74) is 0.123. The van der Waals surface area contributed by atoms with Crippen LogP contribution in [-0.2, 0) is 16.1 Å². The molecule has 88 valence electrons. The molecule has 1 aromatic carbocycles. The van der Waals surface area contributed by atoms with E-state index < -0.39 is 24.6 Å². The van der Waals surface area contributed by atoms with Crippen LogP contribution in [0, 0.1) is 5.82 Å². The van der Waals surface area contributed by atoms with Crippen LogP contribution in [0.1, 0.15) is 5.56 Å². The number of carbonyl (C=O) groups excluding carboxylic acids is 1. The summed E-state index contributed by atoms with van der Waals surface area (Å²) >= 11 is 2.99. The first-order chi connectivity index (χ1) is 7.30. The molecule has 0 saturated carbocycles. The maximum Gasteiger partial charge on any atom is 0.490 e. The zero-order chi connectivity index (χ0) is 12.3. The minimum Gasteiger partial charge on any atom is -0.454 e. The third-order valence-electron chi connectivity index (χ3n) is 1.60. The van der Waals surface area contributed by atoms with E-state index in [0.717, 1.165) is 12.1 Å². The SMILES string of the molecule is O=C(OCc1cc(F)ccc1Br)C(F)(F)F. The van der Waals surface area contributed by atoms with Crippen LogP contribution >= 0.6 is 15.9 Å². The molecule has 0 unspecified atom stereocenters. The Hall–Kier alpha value is -1.11. The lowest BCUT2D eigenvalue weighted by Gasteiger charge is -2.08. The van der Waals surface area contributed by atoms with Crippen LogP contribution in [0.4, 0.5) is 17.6 Å². The van der Waals surface area contributed by atoms with E-state index in [9.17, 15) is 22.4 Å². The molecule has 0 saturated heterocycles. The Morgan fingerprint density at radius 1 is 1.38 bits per heavy atom. The highest BCUT2D eigenvalue weighted by Gasteiger charge is 2.40. The Kier molecular flexibility index (Phi) is 3.90. The first kappa shape index (κ1) is 13.0. The lowest BCUT2D eigenvalue weighted by atomic mass is 10.2. The Balaban J connectivity index is 2.68. The lowest BCUT2D eigenvalue weighted by Crippen LogP contribution is -2.25. The van der Waals surface area contributed by atoms with E-state index in [4.69, 9.17) is 0 Å². The number of halogens is 5. The summed E-state index contributed by atoms with van der Waals surface area (Å²) in [6, 6.07) is 3.42. The molecule has 16 heavy (non-hydrogen) atoms. The minimum absolute atomic E-state index is 0.123. The van der Waals surface area contributed by atoms with Crippen molar-refractivity contribution in [1.82, 2.24) is 0 Å². The van der Waals surface area contributed by atoms with E-state index in [1.165, 1.54) is 6.07 Å². The van der Waals surface area contributed by atoms with Gasteiger partial charge in [0, 0.05) is 10.0 Å². The maximum absolute atomic E-state index is 12.7. The average molecular weight is 301 g/mol. The number of hydrogen-bond donors (Lipinski definition) is 0. The van der Waals surface area contributed by atoms with Crippen LogP contribution < -0.4 is 0 Å². The normalized spacial score (nSPS) is 11.3. The summed E-state index contributed by atoms with van der Waals surface area (Å²) in [7, 11) is 0. The van der Waals surface area contributed by atoms with Gasteiger partial charge in [-0.2, -0.15) is 13.2 Å². The molecule has 0 bridgehead atoms. The molecule has 0 aliphatic heterocycles. The molecule has 2 nitrogen and oxygen atoms in total. The monoisotopic (exact) mass is 300 g/mol. The molecule has 0 atom stereocenters. The van der Waals surface area contributed by atoms with Gasteiger partial charge in [-0.3, -0.25) is 0 Å². The number of hydrogen-bond acceptors (Lipinski definition) is 2. The van der Waals surface area contributed by atoms with E-state index in [1.54, 1.807) is 0 Å². The van der Waals surface area contributed by atoms with Gasteiger partial charge >= 0.3 is 12.1 Å². The van der Waals surface area contributed by atoms with Gasteiger partial charge in [0.05, 0.1) is 0 Å². The van der Waals surface area contributed by atoms with Crippen LogP contribution in [0.3, 0.4) is 0 Å². The smallest absolute Gasteiger partial charge is 0.454 e. The zero-order valence-corrected chi connectivity index (χ0v) is 9.23. The third-order valence-corrected chi connectivity index (χ3v) is 2.37. The molecule has 0 fully saturated rings. The molecule has 1 aromatic rings. The van der Waals surface area contributed by atoms with Crippen molar-refractivity contribution in [3.8, 4) is 0 Å². The summed E-state index contributed by atoms with van der Waals surface area (Å²) in [6.07, 6.45) is -5.04. The Morgan fingerprint density at radius 2 is 2.00 bits per heavy atom. The fraction of sp³-hybridized carbons (Fsp3) is 0.222. The van der Waals surface area contributed by atoms with Gasteiger partial charge in [-0.1, -0.05) is 15.9 Å². The number of alkyl halides is 3. The Bertz CT molecular complexity index is 403. The van der Waals surface area contributed by atoms with E-state index in [0.29, 0.717) is 4.47 Å². The van der Waals surface area contributed by atoms with Crippen molar-refractivity contribution >= 4 is 21.9 Å². The van der Waals surface area contributed by atoms with E-state index in [-0.39, 0.29) is 5.56 Å². The average Bonchev–Trinajstić information content (AvgIpc) is 2.17. The highest BCUT2D eigenvalue weighted by atomic mass is 79.9. The van der Waals surface area contributed by atoms with E-state index >= 15 is 0 Å². The standard InChI is InChI=1S/C9H5BrF4O2/c10-7-2-1-6(11)3-5(7)4-16-8(15)9(12,13)14/h1-3H,4H2. The number of ether oxygens (including phenoxy) is 1. The second-order valence-corrected chi connectivity index (χ2v) is 3.66. The predicted octanol–water partition coefficient (Wildman–Crippen LogP) is 3.19. The van der Waals surface area contributed by atoms with Crippen molar-refractivity contribution in [3.05, 3.63) is 34.1 Å². The molecule has 0 heterocycles. The first-order valence-corrected chi connectivity index (χ1v) is 4.78. The number of esters is 1. The van der Waals surface area contributed by atoms with Crippen molar-refractivity contribution < 1.29 is 27.1 Å². The summed E-state index contributed by atoms with van der Waals surface area (Å²) < 4.78 is 52.4. The van der Waals surface area contributed by atoms with Gasteiger partial charge in [-0.05, 0) is 18.2 Å². The Morgan fingerprint density at radius 3 is 2.56 bits per heavy atom. The molecule has 0 radical (unpaired) electrons. The molecular formula is C9H5BrF4O2. The summed E-state index contributed by atoms with van der Waals surface area (Å²) in [4.78, 5) is 10.4. The van der Waals surface area contributed by atoms with E-state index in [1.807, 2.05) is 0 Å². The maximum atomic E-state index is 12.7. The Labute approximate surface area is 96.3 Å². The van der Waals surface area contributed by atoms with Crippen LogP contribution in [-0.4, -0.2) is 12.1 Å². The summed E-state index contributed by atoms with van der Waals surface area (Å²) in [5, 5.41) is 0. The number of carbonyl (C=O) groups is 1. The van der Waals surface area contributed by atoms with Crippen molar-refractivity contribution in [2.45, 2.75) is 12.8 Å². The van der Waals surface area contributed by atoms with Crippen molar-refractivity contribution in [2.24, 2.45) is 0 Å².